The Bertz CT molecular complexity index is 611. The zero-order chi connectivity index (χ0) is 17.5. The maximum atomic E-state index is 12.1. The van der Waals surface area contributed by atoms with Crippen molar-refractivity contribution in [3.05, 3.63) is 12.2 Å². The van der Waals surface area contributed by atoms with E-state index in [1.807, 2.05) is 13.8 Å². The second-order valence-electron chi connectivity index (χ2n) is 9.83. The highest BCUT2D eigenvalue weighted by Gasteiger charge is 2.69. The van der Waals surface area contributed by atoms with E-state index >= 15 is 0 Å². The number of aliphatic hydroxyl groups excluding tert-OH is 1. The lowest BCUT2D eigenvalue weighted by Gasteiger charge is -2.63. The van der Waals surface area contributed by atoms with Crippen LogP contribution < -0.4 is 0 Å². The summed E-state index contributed by atoms with van der Waals surface area (Å²) in [4.78, 5) is 12.1. The van der Waals surface area contributed by atoms with Crippen LogP contribution >= 0.6 is 0 Å². The summed E-state index contributed by atoms with van der Waals surface area (Å²) < 4.78 is 0. The normalized spacial score (nSPS) is 58.9. The van der Waals surface area contributed by atoms with Crippen LogP contribution in [0.4, 0.5) is 0 Å². The fourth-order valence-electron chi connectivity index (χ4n) is 7.31. The van der Waals surface area contributed by atoms with Crippen LogP contribution in [-0.2, 0) is 4.79 Å². The van der Waals surface area contributed by atoms with Gasteiger partial charge in [0.05, 0.1) is 17.1 Å². The smallest absolute Gasteiger partial charge is 0.309 e. The zero-order valence-electron chi connectivity index (χ0n) is 15.0. The van der Waals surface area contributed by atoms with E-state index in [1.165, 1.54) is 0 Å². The fourth-order valence-corrected chi connectivity index (χ4v) is 7.31. The molecule has 3 N–H and O–H groups in total. The number of rotatable bonds is 1. The van der Waals surface area contributed by atoms with E-state index in [2.05, 4.69) is 19.1 Å². The van der Waals surface area contributed by atoms with Crippen molar-refractivity contribution in [2.75, 3.05) is 0 Å². The van der Waals surface area contributed by atoms with Gasteiger partial charge in [0.1, 0.15) is 0 Å². The summed E-state index contributed by atoms with van der Waals surface area (Å²) in [6, 6.07) is 0. The predicted molar refractivity (Wildman–Crippen MR) is 90.2 cm³/mol. The quantitative estimate of drug-likeness (QED) is 0.644. The largest absolute Gasteiger partial charge is 0.481 e. The van der Waals surface area contributed by atoms with Crippen molar-refractivity contribution in [1.29, 1.82) is 0 Å². The molecule has 8 atom stereocenters. The van der Waals surface area contributed by atoms with Crippen LogP contribution in [0.2, 0.25) is 0 Å². The first-order valence-electron chi connectivity index (χ1n) is 9.38. The molecule has 0 aliphatic heterocycles. The highest BCUT2D eigenvalue weighted by atomic mass is 16.4. The lowest BCUT2D eigenvalue weighted by molar-refractivity contribution is -0.195. The van der Waals surface area contributed by atoms with Crippen molar-refractivity contribution in [2.24, 2.45) is 34.0 Å². The van der Waals surface area contributed by atoms with Crippen molar-refractivity contribution in [3.63, 3.8) is 0 Å². The Morgan fingerprint density at radius 1 is 1.17 bits per heavy atom. The van der Waals surface area contributed by atoms with E-state index in [0.29, 0.717) is 19.3 Å². The summed E-state index contributed by atoms with van der Waals surface area (Å²) >= 11 is 0. The van der Waals surface area contributed by atoms with Gasteiger partial charge in [0, 0.05) is 11.3 Å². The number of fused-ring (bicyclic) bond motifs is 3. The number of hydrogen-bond donors (Lipinski definition) is 3. The molecule has 0 heterocycles. The van der Waals surface area contributed by atoms with Gasteiger partial charge in [0.25, 0.3) is 0 Å². The van der Waals surface area contributed by atoms with Crippen molar-refractivity contribution in [1.82, 2.24) is 0 Å². The monoisotopic (exact) mass is 334 g/mol. The average molecular weight is 334 g/mol. The summed E-state index contributed by atoms with van der Waals surface area (Å²) in [7, 11) is 0. The lowest BCUT2D eigenvalue weighted by Crippen LogP contribution is -2.62. The first kappa shape index (κ1) is 16.6. The molecule has 3 fully saturated rings. The van der Waals surface area contributed by atoms with E-state index in [4.69, 9.17) is 0 Å². The zero-order valence-corrected chi connectivity index (χ0v) is 15.0. The van der Waals surface area contributed by atoms with Crippen molar-refractivity contribution in [2.45, 2.75) is 71.0 Å². The van der Waals surface area contributed by atoms with E-state index < -0.39 is 23.1 Å². The molecule has 3 saturated carbocycles. The molecule has 0 amide bonds. The molecule has 0 saturated heterocycles. The summed E-state index contributed by atoms with van der Waals surface area (Å²) in [5.41, 5.74) is -1.93. The number of carboxylic acid groups (broad SMARTS) is 1. The molecule has 1 spiro atoms. The summed E-state index contributed by atoms with van der Waals surface area (Å²) in [6.45, 7) is 6.01. The van der Waals surface area contributed by atoms with Crippen LogP contribution in [0, 0.1) is 34.0 Å². The second-order valence-corrected chi connectivity index (χ2v) is 9.83. The predicted octanol–water partition coefficient (Wildman–Crippen LogP) is 2.98. The Hall–Kier alpha value is -0.870. The topological polar surface area (TPSA) is 77.8 Å². The van der Waals surface area contributed by atoms with Gasteiger partial charge in [-0.1, -0.05) is 25.5 Å². The van der Waals surface area contributed by atoms with Crippen molar-refractivity contribution < 1.29 is 20.1 Å². The molecule has 0 unspecified atom stereocenters. The molecule has 24 heavy (non-hydrogen) atoms. The van der Waals surface area contributed by atoms with Gasteiger partial charge in [-0.25, -0.2) is 0 Å². The standard InChI is InChI=1S/C20H30O4/c1-17-7-4-8-18(2,16(22)23)14(17)9-15(21)20-10-12(5-6-13(17)20)19(3,24)11-20/h5-6,12-15,21,24H,4,7-11H2,1-3H3,(H,22,23)/t12-,13+,14+,15-,17+,18-,19-,20-/m1/s1. The molecule has 0 radical (unpaired) electrons. The van der Waals surface area contributed by atoms with Crippen molar-refractivity contribution in [3.8, 4) is 0 Å². The molecular formula is C20H30O4. The van der Waals surface area contributed by atoms with Gasteiger partial charge in [-0.2, -0.15) is 0 Å². The maximum absolute atomic E-state index is 12.1. The van der Waals surface area contributed by atoms with Crippen LogP contribution in [0.1, 0.15) is 59.3 Å². The SMILES string of the molecule is C[C@@]12CCC[C@@](C)(C(=O)O)[C@H]1C[C@@H](O)[C@@]13C[C@@H](C=C[C@@H]21)[C@](C)(O)C3. The number of hydrogen-bond acceptors (Lipinski definition) is 3. The number of aliphatic carboxylic acids is 1. The van der Waals surface area contributed by atoms with Crippen LogP contribution in [-0.4, -0.2) is 33.0 Å². The number of allylic oxidation sites excluding steroid dienone is 1. The first-order valence-corrected chi connectivity index (χ1v) is 9.38. The van der Waals surface area contributed by atoms with E-state index in [9.17, 15) is 20.1 Å². The van der Waals surface area contributed by atoms with E-state index in [-0.39, 0.29) is 28.6 Å². The third-order valence-corrected chi connectivity index (χ3v) is 8.54. The average Bonchev–Trinajstić information content (AvgIpc) is 2.68. The van der Waals surface area contributed by atoms with Crippen LogP contribution in [0.5, 0.6) is 0 Å². The molecule has 4 heteroatoms. The van der Waals surface area contributed by atoms with Crippen LogP contribution in [0.3, 0.4) is 0 Å². The lowest BCUT2D eigenvalue weighted by atomic mass is 9.41. The Morgan fingerprint density at radius 2 is 1.88 bits per heavy atom. The molecule has 4 aliphatic carbocycles. The molecule has 0 aromatic carbocycles. The Labute approximate surface area is 144 Å². The summed E-state index contributed by atoms with van der Waals surface area (Å²) in [5.74, 6) is -0.479. The van der Waals surface area contributed by atoms with E-state index in [0.717, 1.165) is 19.3 Å². The van der Waals surface area contributed by atoms with Gasteiger partial charge in [-0.05, 0) is 63.2 Å². The number of aliphatic hydroxyl groups is 2. The molecule has 4 aliphatic rings. The van der Waals surface area contributed by atoms with Gasteiger partial charge < -0.3 is 15.3 Å². The third kappa shape index (κ3) is 1.79. The highest BCUT2D eigenvalue weighted by Crippen LogP contribution is 2.71. The molecule has 134 valence electrons. The Morgan fingerprint density at radius 3 is 2.54 bits per heavy atom. The van der Waals surface area contributed by atoms with Crippen molar-refractivity contribution >= 4 is 5.97 Å². The van der Waals surface area contributed by atoms with Crippen LogP contribution in [0.25, 0.3) is 0 Å². The van der Waals surface area contributed by atoms with Crippen LogP contribution in [0.15, 0.2) is 12.2 Å². The number of carbonyl (C=O) groups is 1. The van der Waals surface area contributed by atoms with Gasteiger partial charge in [-0.3, -0.25) is 4.79 Å². The second kappa shape index (κ2) is 4.64. The molecule has 2 bridgehead atoms. The van der Waals surface area contributed by atoms with E-state index in [1.54, 1.807) is 0 Å². The fraction of sp³-hybridized carbons (Fsp3) is 0.850. The minimum absolute atomic E-state index is 0.0198. The highest BCUT2D eigenvalue weighted by molar-refractivity contribution is 5.75. The Balaban J connectivity index is 1.82. The Kier molecular flexibility index (Phi) is 3.21. The minimum Gasteiger partial charge on any atom is -0.481 e. The first-order chi connectivity index (χ1) is 11.1. The van der Waals surface area contributed by atoms with Gasteiger partial charge in [0.2, 0.25) is 0 Å². The molecule has 4 rings (SSSR count). The molecule has 0 aromatic rings. The summed E-state index contributed by atoms with van der Waals surface area (Å²) in [5, 5.41) is 31.9. The van der Waals surface area contributed by atoms with Gasteiger partial charge in [-0.15, -0.1) is 0 Å². The van der Waals surface area contributed by atoms with Gasteiger partial charge >= 0.3 is 5.97 Å². The third-order valence-electron chi connectivity index (χ3n) is 8.54. The molecular weight excluding hydrogens is 304 g/mol. The minimum atomic E-state index is -0.764. The summed E-state index contributed by atoms with van der Waals surface area (Å²) in [6.07, 6.45) is 8.46. The maximum Gasteiger partial charge on any atom is 0.309 e. The number of carboxylic acids is 1. The molecule has 0 aromatic heterocycles. The van der Waals surface area contributed by atoms with Gasteiger partial charge in [0.15, 0.2) is 0 Å². The molecule has 4 nitrogen and oxygen atoms in total.